The number of rotatable bonds is 10. The number of aliphatic carboxylic acids is 1. The number of carboxylic acid groups (broad SMARTS) is 1. The van der Waals surface area contributed by atoms with E-state index < -0.39 is 12.0 Å². The molecule has 0 unspecified atom stereocenters. The van der Waals surface area contributed by atoms with Gasteiger partial charge in [0.2, 0.25) is 5.91 Å². The molecule has 1 saturated heterocycles. The Morgan fingerprint density at radius 2 is 2.04 bits per heavy atom. The molecular formula is C19H29N3O3. The van der Waals surface area contributed by atoms with Crippen molar-refractivity contribution in [1.29, 1.82) is 0 Å². The molecule has 1 aromatic rings. The zero-order valence-electron chi connectivity index (χ0n) is 14.7. The van der Waals surface area contributed by atoms with Gasteiger partial charge in [0.05, 0.1) is 6.04 Å². The lowest BCUT2D eigenvalue weighted by atomic mass is 10.1. The Kier molecular flexibility index (Phi) is 7.88. The Morgan fingerprint density at radius 3 is 2.72 bits per heavy atom. The average Bonchev–Trinajstić information content (AvgIpc) is 3.11. The van der Waals surface area contributed by atoms with Crippen molar-refractivity contribution in [3.63, 3.8) is 0 Å². The molecule has 6 nitrogen and oxygen atoms in total. The average molecular weight is 347 g/mol. The molecule has 4 N–H and O–H groups in total. The first-order valence-electron chi connectivity index (χ1n) is 9.14. The molecule has 0 radical (unpaired) electrons. The molecule has 0 saturated carbocycles. The van der Waals surface area contributed by atoms with Crippen LogP contribution in [-0.2, 0) is 16.0 Å². The fourth-order valence-electron chi connectivity index (χ4n) is 3.33. The number of nitrogens with two attached hydrogens (primary N) is 1. The standard InChI is InChI=1S/C19H29N3O3/c20-12-5-4-9-16(21-13-11-15-7-2-1-3-8-15)18(23)22-14-6-10-17(22)19(24)25/h1-3,7-8,16-17,21H,4-6,9-14,20H2,(H,24,25)/t16-,17-/m0/s1. The first-order valence-corrected chi connectivity index (χ1v) is 9.14. The smallest absolute Gasteiger partial charge is 0.326 e. The van der Waals surface area contributed by atoms with Crippen LogP contribution < -0.4 is 11.1 Å². The van der Waals surface area contributed by atoms with Crippen LogP contribution in [0, 0.1) is 0 Å². The number of carbonyl (C=O) groups excluding carboxylic acids is 1. The molecule has 0 spiro atoms. The van der Waals surface area contributed by atoms with Gasteiger partial charge in [-0.25, -0.2) is 4.79 Å². The molecule has 0 aliphatic carbocycles. The fourth-order valence-corrected chi connectivity index (χ4v) is 3.33. The van der Waals surface area contributed by atoms with E-state index in [4.69, 9.17) is 5.73 Å². The predicted octanol–water partition coefficient (Wildman–Crippen LogP) is 1.39. The van der Waals surface area contributed by atoms with E-state index in [2.05, 4.69) is 17.4 Å². The van der Waals surface area contributed by atoms with E-state index >= 15 is 0 Å². The van der Waals surface area contributed by atoms with Gasteiger partial charge in [0, 0.05) is 6.54 Å². The molecule has 0 bridgehead atoms. The SMILES string of the molecule is NCCCC[C@H](NCCc1ccccc1)C(=O)N1CCC[C@H]1C(=O)O. The molecule has 1 aliphatic rings. The van der Waals surface area contributed by atoms with Crippen LogP contribution >= 0.6 is 0 Å². The van der Waals surface area contributed by atoms with Crippen molar-refractivity contribution in [3.8, 4) is 0 Å². The Labute approximate surface area is 149 Å². The van der Waals surface area contributed by atoms with E-state index in [9.17, 15) is 14.7 Å². The monoisotopic (exact) mass is 347 g/mol. The maximum Gasteiger partial charge on any atom is 0.326 e. The van der Waals surface area contributed by atoms with Crippen molar-refractivity contribution in [2.75, 3.05) is 19.6 Å². The largest absolute Gasteiger partial charge is 0.480 e. The lowest BCUT2D eigenvalue weighted by Crippen LogP contribution is -2.50. The molecule has 2 atom stereocenters. The third-order valence-electron chi connectivity index (χ3n) is 4.71. The fraction of sp³-hybridized carbons (Fsp3) is 0.579. The van der Waals surface area contributed by atoms with Crippen LogP contribution in [0.3, 0.4) is 0 Å². The van der Waals surface area contributed by atoms with Gasteiger partial charge < -0.3 is 21.1 Å². The van der Waals surface area contributed by atoms with Crippen LogP contribution in [0.25, 0.3) is 0 Å². The van der Waals surface area contributed by atoms with E-state index in [-0.39, 0.29) is 11.9 Å². The number of likely N-dealkylation sites (tertiary alicyclic amines) is 1. The van der Waals surface area contributed by atoms with Crippen LogP contribution in [0.1, 0.15) is 37.7 Å². The zero-order chi connectivity index (χ0) is 18.1. The first-order chi connectivity index (χ1) is 12.1. The maximum atomic E-state index is 12.9. The van der Waals surface area contributed by atoms with Gasteiger partial charge in [-0.3, -0.25) is 4.79 Å². The number of amides is 1. The van der Waals surface area contributed by atoms with Crippen molar-refractivity contribution in [2.45, 2.75) is 50.6 Å². The van der Waals surface area contributed by atoms with E-state index in [1.165, 1.54) is 10.5 Å². The first kappa shape index (κ1) is 19.4. The molecule has 0 aromatic heterocycles. The molecule has 2 rings (SSSR count). The van der Waals surface area contributed by atoms with E-state index in [0.717, 1.165) is 25.7 Å². The number of hydrogen-bond donors (Lipinski definition) is 3. The Bertz CT molecular complexity index is 550. The van der Waals surface area contributed by atoms with Gasteiger partial charge in [-0.05, 0) is 50.8 Å². The van der Waals surface area contributed by atoms with E-state index in [0.29, 0.717) is 32.5 Å². The van der Waals surface area contributed by atoms with Crippen molar-refractivity contribution < 1.29 is 14.7 Å². The summed E-state index contributed by atoms with van der Waals surface area (Å²) in [5, 5.41) is 12.7. The second-order valence-corrected chi connectivity index (χ2v) is 6.55. The van der Waals surface area contributed by atoms with E-state index in [1.54, 1.807) is 0 Å². The minimum atomic E-state index is -0.907. The quantitative estimate of drug-likeness (QED) is 0.556. The van der Waals surface area contributed by atoms with E-state index in [1.807, 2.05) is 18.2 Å². The molecule has 1 aromatic carbocycles. The number of nitrogens with one attached hydrogen (secondary N) is 1. The van der Waals surface area contributed by atoms with Gasteiger partial charge in [0.25, 0.3) is 0 Å². The molecular weight excluding hydrogens is 318 g/mol. The third-order valence-corrected chi connectivity index (χ3v) is 4.71. The zero-order valence-corrected chi connectivity index (χ0v) is 14.7. The Morgan fingerprint density at radius 1 is 1.28 bits per heavy atom. The highest BCUT2D eigenvalue weighted by Gasteiger charge is 2.36. The molecule has 1 aliphatic heterocycles. The minimum absolute atomic E-state index is 0.0880. The van der Waals surface area contributed by atoms with Gasteiger partial charge in [0.15, 0.2) is 0 Å². The highest BCUT2D eigenvalue weighted by atomic mass is 16.4. The van der Waals surface area contributed by atoms with Crippen LogP contribution in [0.4, 0.5) is 0 Å². The summed E-state index contributed by atoms with van der Waals surface area (Å²) in [7, 11) is 0. The van der Waals surface area contributed by atoms with Gasteiger partial charge in [-0.1, -0.05) is 36.8 Å². The summed E-state index contributed by atoms with van der Waals surface area (Å²) in [5.74, 6) is -0.995. The van der Waals surface area contributed by atoms with Gasteiger partial charge >= 0.3 is 5.97 Å². The summed E-state index contributed by atoms with van der Waals surface area (Å²) in [6, 6.07) is 9.09. The van der Waals surface area contributed by atoms with Crippen molar-refractivity contribution in [1.82, 2.24) is 10.2 Å². The summed E-state index contributed by atoms with van der Waals surface area (Å²) in [6.07, 6.45) is 4.55. The molecule has 1 fully saturated rings. The summed E-state index contributed by atoms with van der Waals surface area (Å²) in [5.41, 5.74) is 6.77. The number of hydrogen-bond acceptors (Lipinski definition) is 4. The lowest BCUT2D eigenvalue weighted by Gasteiger charge is -2.27. The molecule has 1 amide bonds. The third kappa shape index (κ3) is 5.83. The number of benzene rings is 1. The van der Waals surface area contributed by atoms with Crippen molar-refractivity contribution in [2.24, 2.45) is 5.73 Å². The highest BCUT2D eigenvalue weighted by Crippen LogP contribution is 2.19. The number of carboxylic acids is 1. The normalized spacial score (nSPS) is 18.3. The van der Waals surface area contributed by atoms with Gasteiger partial charge in [0.1, 0.15) is 6.04 Å². The number of nitrogens with zero attached hydrogens (tertiary/aromatic N) is 1. The molecule has 25 heavy (non-hydrogen) atoms. The van der Waals surface area contributed by atoms with Gasteiger partial charge in [-0.15, -0.1) is 0 Å². The van der Waals surface area contributed by atoms with Crippen LogP contribution in [0.5, 0.6) is 0 Å². The van der Waals surface area contributed by atoms with Gasteiger partial charge in [-0.2, -0.15) is 0 Å². The number of carbonyl (C=O) groups is 2. The number of unbranched alkanes of at least 4 members (excludes halogenated alkanes) is 1. The molecule has 1 heterocycles. The van der Waals surface area contributed by atoms with Crippen LogP contribution in [0.15, 0.2) is 30.3 Å². The summed E-state index contributed by atoms with van der Waals surface area (Å²) in [6.45, 7) is 1.82. The maximum absolute atomic E-state index is 12.9. The topological polar surface area (TPSA) is 95.7 Å². The summed E-state index contributed by atoms with van der Waals surface area (Å²) < 4.78 is 0. The van der Waals surface area contributed by atoms with Crippen LogP contribution in [-0.4, -0.2) is 53.6 Å². The predicted molar refractivity (Wildman–Crippen MR) is 97.2 cm³/mol. The van der Waals surface area contributed by atoms with Crippen molar-refractivity contribution >= 4 is 11.9 Å². The second-order valence-electron chi connectivity index (χ2n) is 6.55. The van der Waals surface area contributed by atoms with Crippen LogP contribution in [0.2, 0.25) is 0 Å². The molecule has 138 valence electrons. The Hall–Kier alpha value is -1.92. The minimum Gasteiger partial charge on any atom is -0.480 e. The summed E-state index contributed by atoms with van der Waals surface area (Å²) in [4.78, 5) is 25.8. The summed E-state index contributed by atoms with van der Waals surface area (Å²) >= 11 is 0. The highest BCUT2D eigenvalue weighted by molar-refractivity contribution is 5.87. The molecule has 6 heteroatoms. The Balaban J connectivity index is 1.93. The lowest BCUT2D eigenvalue weighted by molar-refractivity contribution is -0.149. The second kappa shape index (κ2) is 10.2. The van der Waals surface area contributed by atoms with Crippen molar-refractivity contribution in [3.05, 3.63) is 35.9 Å².